The van der Waals surface area contributed by atoms with Crippen LogP contribution in [-0.2, 0) is 6.54 Å². The average molecular weight is 213 g/mol. The highest BCUT2D eigenvalue weighted by molar-refractivity contribution is 7.99. The van der Waals surface area contributed by atoms with Crippen LogP contribution >= 0.6 is 11.8 Å². The molecule has 0 aliphatic heterocycles. The molecular formula is C11H19NOS. The molecular weight excluding hydrogens is 194 g/mol. The minimum Gasteiger partial charge on any atom is -0.465 e. The molecule has 0 spiro atoms. The van der Waals surface area contributed by atoms with E-state index in [1.165, 1.54) is 5.75 Å². The van der Waals surface area contributed by atoms with Crippen LogP contribution in [0, 0.1) is 6.92 Å². The molecule has 0 radical (unpaired) electrons. The van der Waals surface area contributed by atoms with E-state index in [0.717, 1.165) is 23.8 Å². The minimum absolute atomic E-state index is 0.547. The first-order valence-corrected chi connectivity index (χ1v) is 6.24. The summed E-state index contributed by atoms with van der Waals surface area (Å²) < 4.78 is 5.47. The molecule has 1 aromatic rings. The Morgan fingerprint density at radius 3 is 2.86 bits per heavy atom. The van der Waals surface area contributed by atoms with Crippen LogP contribution in [0.4, 0.5) is 0 Å². The molecule has 1 aromatic heterocycles. The lowest BCUT2D eigenvalue weighted by Crippen LogP contribution is -2.27. The first-order chi connectivity index (χ1) is 6.72. The Hall–Kier alpha value is -0.410. The maximum atomic E-state index is 5.47. The molecule has 3 heteroatoms. The van der Waals surface area contributed by atoms with E-state index in [2.05, 4.69) is 19.2 Å². The Morgan fingerprint density at radius 1 is 1.50 bits per heavy atom. The van der Waals surface area contributed by atoms with Crippen LogP contribution in [0.15, 0.2) is 16.5 Å². The Balaban J connectivity index is 2.20. The summed E-state index contributed by atoms with van der Waals surface area (Å²) in [6, 6.07) is 4.58. The number of furan rings is 1. The predicted octanol–water partition coefficient (Wildman–Crippen LogP) is 2.82. The number of rotatable bonds is 6. The van der Waals surface area contributed by atoms with Gasteiger partial charge in [-0.1, -0.05) is 6.92 Å². The van der Waals surface area contributed by atoms with Gasteiger partial charge in [0.05, 0.1) is 6.54 Å². The van der Waals surface area contributed by atoms with Gasteiger partial charge in [0, 0.05) is 11.8 Å². The van der Waals surface area contributed by atoms with Crippen LogP contribution in [0.25, 0.3) is 0 Å². The van der Waals surface area contributed by atoms with Crippen LogP contribution in [0.3, 0.4) is 0 Å². The molecule has 1 unspecified atom stereocenters. The molecule has 1 heterocycles. The highest BCUT2D eigenvalue weighted by Gasteiger charge is 2.02. The number of nitrogens with one attached hydrogen (secondary N) is 1. The fourth-order valence-electron chi connectivity index (χ4n) is 1.21. The van der Waals surface area contributed by atoms with Gasteiger partial charge in [-0.3, -0.25) is 0 Å². The van der Waals surface area contributed by atoms with Gasteiger partial charge in [0.25, 0.3) is 0 Å². The molecule has 80 valence electrons. The van der Waals surface area contributed by atoms with E-state index in [4.69, 9.17) is 4.42 Å². The van der Waals surface area contributed by atoms with E-state index in [0.29, 0.717) is 6.04 Å². The molecule has 0 fully saturated rings. The van der Waals surface area contributed by atoms with Crippen molar-refractivity contribution in [3.63, 3.8) is 0 Å². The van der Waals surface area contributed by atoms with Gasteiger partial charge in [-0.05, 0) is 31.7 Å². The topological polar surface area (TPSA) is 25.2 Å². The number of thioether (sulfide) groups is 1. The highest BCUT2D eigenvalue weighted by atomic mass is 32.2. The maximum Gasteiger partial charge on any atom is 0.117 e. The van der Waals surface area contributed by atoms with Crippen molar-refractivity contribution in [3.8, 4) is 0 Å². The van der Waals surface area contributed by atoms with Gasteiger partial charge in [0.15, 0.2) is 0 Å². The van der Waals surface area contributed by atoms with E-state index >= 15 is 0 Å². The predicted molar refractivity (Wildman–Crippen MR) is 62.7 cm³/mol. The average Bonchev–Trinajstić information content (AvgIpc) is 2.58. The molecule has 1 N–H and O–H groups in total. The van der Waals surface area contributed by atoms with Crippen LogP contribution in [0.5, 0.6) is 0 Å². The van der Waals surface area contributed by atoms with Gasteiger partial charge in [-0.2, -0.15) is 11.8 Å². The Morgan fingerprint density at radius 2 is 2.29 bits per heavy atom. The third-order valence-corrected chi connectivity index (χ3v) is 3.14. The largest absolute Gasteiger partial charge is 0.465 e. The van der Waals surface area contributed by atoms with Gasteiger partial charge in [0.1, 0.15) is 11.5 Å². The molecule has 1 atom stereocenters. The van der Waals surface area contributed by atoms with E-state index in [-0.39, 0.29) is 0 Å². The highest BCUT2D eigenvalue weighted by Crippen LogP contribution is 2.07. The third kappa shape index (κ3) is 4.20. The molecule has 0 aromatic carbocycles. The summed E-state index contributed by atoms with van der Waals surface area (Å²) in [5.41, 5.74) is 0. The molecule has 1 rings (SSSR count). The normalized spacial score (nSPS) is 13.1. The van der Waals surface area contributed by atoms with Gasteiger partial charge in [0.2, 0.25) is 0 Å². The molecule has 0 amide bonds. The smallest absolute Gasteiger partial charge is 0.117 e. The first-order valence-electron chi connectivity index (χ1n) is 5.08. The lowest BCUT2D eigenvalue weighted by molar-refractivity contribution is 0.449. The zero-order chi connectivity index (χ0) is 10.4. The Bertz CT molecular complexity index is 260. The number of aryl methyl sites for hydroxylation is 1. The summed E-state index contributed by atoms with van der Waals surface area (Å²) in [6.07, 6.45) is 0. The molecule has 0 aliphatic rings. The van der Waals surface area contributed by atoms with Crippen molar-refractivity contribution in [1.29, 1.82) is 0 Å². The monoisotopic (exact) mass is 213 g/mol. The van der Waals surface area contributed by atoms with Crippen LogP contribution in [-0.4, -0.2) is 17.5 Å². The zero-order valence-electron chi connectivity index (χ0n) is 9.17. The fraction of sp³-hybridized carbons (Fsp3) is 0.636. The Labute approximate surface area is 90.5 Å². The van der Waals surface area contributed by atoms with Gasteiger partial charge < -0.3 is 9.73 Å². The second-order valence-electron chi connectivity index (χ2n) is 3.45. The van der Waals surface area contributed by atoms with Crippen molar-refractivity contribution in [1.82, 2.24) is 5.32 Å². The Kier molecular flexibility index (Phi) is 5.12. The van der Waals surface area contributed by atoms with Crippen LogP contribution in [0.2, 0.25) is 0 Å². The summed E-state index contributed by atoms with van der Waals surface area (Å²) >= 11 is 1.96. The van der Waals surface area contributed by atoms with Crippen molar-refractivity contribution in [2.45, 2.75) is 33.4 Å². The summed E-state index contributed by atoms with van der Waals surface area (Å²) in [5.74, 6) is 4.36. The van der Waals surface area contributed by atoms with Gasteiger partial charge in [-0.15, -0.1) is 0 Å². The zero-order valence-corrected chi connectivity index (χ0v) is 9.99. The van der Waals surface area contributed by atoms with Crippen molar-refractivity contribution < 1.29 is 4.42 Å². The quantitative estimate of drug-likeness (QED) is 0.786. The lowest BCUT2D eigenvalue weighted by atomic mass is 10.3. The standard InChI is InChI=1S/C11H19NOS/c1-4-14-8-9(2)12-7-11-6-5-10(3)13-11/h5-6,9,12H,4,7-8H2,1-3H3. The van der Waals surface area contributed by atoms with Gasteiger partial charge >= 0.3 is 0 Å². The third-order valence-electron chi connectivity index (χ3n) is 1.99. The van der Waals surface area contributed by atoms with Crippen molar-refractivity contribution in [2.24, 2.45) is 0 Å². The van der Waals surface area contributed by atoms with Crippen molar-refractivity contribution in [3.05, 3.63) is 23.7 Å². The van der Waals surface area contributed by atoms with E-state index < -0.39 is 0 Å². The molecule has 14 heavy (non-hydrogen) atoms. The maximum absolute atomic E-state index is 5.47. The summed E-state index contributed by atoms with van der Waals surface area (Å²) in [4.78, 5) is 0. The summed E-state index contributed by atoms with van der Waals surface area (Å²) in [5, 5.41) is 3.43. The molecule has 0 aliphatic carbocycles. The van der Waals surface area contributed by atoms with E-state index in [1.54, 1.807) is 0 Å². The van der Waals surface area contributed by atoms with E-state index in [9.17, 15) is 0 Å². The first kappa shape index (κ1) is 11.7. The fourth-order valence-corrected chi connectivity index (χ4v) is 1.92. The molecule has 0 saturated carbocycles. The van der Waals surface area contributed by atoms with Crippen LogP contribution < -0.4 is 5.32 Å². The van der Waals surface area contributed by atoms with Crippen molar-refractivity contribution in [2.75, 3.05) is 11.5 Å². The summed E-state index contributed by atoms with van der Waals surface area (Å²) in [6.45, 7) is 7.20. The lowest BCUT2D eigenvalue weighted by Gasteiger charge is -2.11. The number of hydrogen-bond acceptors (Lipinski definition) is 3. The molecule has 0 saturated heterocycles. The molecule has 2 nitrogen and oxygen atoms in total. The van der Waals surface area contributed by atoms with Crippen LogP contribution in [0.1, 0.15) is 25.4 Å². The second kappa shape index (κ2) is 6.14. The minimum atomic E-state index is 0.547. The number of hydrogen-bond donors (Lipinski definition) is 1. The summed E-state index contributed by atoms with van der Waals surface area (Å²) in [7, 11) is 0. The van der Waals surface area contributed by atoms with Gasteiger partial charge in [-0.25, -0.2) is 0 Å². The molecule has 0 bridgehead atoms. The van der Waals surface area contributed by atoms with E-state index in [1.807, 2.05) is 30.8 Å². The SMILES string of the molecule is CCSCC(C)NCc1ccc(C)o1. The second-order valence-corrected chi connectivity index (χ2v) is 4.77. The van der Waals surface area contributed by atoms with Crippen molar-refractivity contribution >= 4 is 11.8 Å².